The van der Waals surface area contributed by atoms with Crippen molar-refractivity contribution < 1.29 is 19.0 Å². The maximum atomic E-state index is 12.9. The molecule has 0 unspecified atom stereocenters. The standard InChI is InChI=1S/C18H24FN5O3/c1-18(2,3)15-9-24(23-22-15)8-14-16(13(25)10-27-14)21-17(26)20-12-6-4-11(19)5-7-12/h4-7,9,13-14,16,25H,8,10H2,1-3H3,(H2,20,21,26)/t13-,14+,16+/m0/s1. The highest BCUT2D eigenvalue weighted by atomic mass is 19.1. The van der Waals surface area contributed by atoms with Gasteiger partial charge in [-0.3, -0.25) is 0 Å². The van der Waals surface area contributed by atoms with Gasteiger partial charge in [-0.2, -0.15) is 0 Å². The fraction of sp³-hybridized carbons (Fsp3) is 0.500. The van der Waals surface area contributed by atoms with Gasteiger partial charge in [-0.25, -0.2) is 13.9 Å². The summed E-state index contributed by atoms with van der Waals surface area (Å²) < 4.78 is 20.2. The topological polar surface area (TPSA) is 101 Å². The van der Waals surface area contributed by atoms with Crippen molar-refractivity contribution in [2.45, 2.75) is 51.0 Å². The van der Waals surface area contributed by atoms with Crippen molar-refractivity contribution in [2.75, 3.05) is 11.9 Å². The summed E-state index contributed by atoms with van der Waals surface area (Å²) in [5.41, 5.74) is 1.17. The first-order valence-electron chi connectivity index (χ1n) is 8.76. The lowest BCUT2D eigenvalue weighted by Crippen LogP contribution is -2.49. The van der Waals surface area contributed by atoms with Crippen LogP contribution >= 0.6 is 0 Å². The minimum atomic E-state index is -0.834. The van der Waals surface area contributed by atoms with Gasteiger partial charge in [0.15, 0.2) is 0 Å². The molecule has 1 saturated heterocycles. The van der Waals surface area contributed by atoms with Gasteiger partial charge in [0.25, 0.3) is 0 Å². The average molecular weight is 377 g/mol. The van der Waals surface area contributed by atoms with Crippen LogP contribution in [-0.2, 0) is 16.7 Å². The molecule has 0 aliphatic carbocycles. The highest BCUT2D eigenvalue weighted by molar-refractivity contribution is 5.89. The van der Waals surface area contributed by atoms with Crippen molar-refractivity contribution in [1.29, 1.82) is 0 Å². The highest BCUT2D eigenvalue weighted by Crippen LogP contribution is 2.21. The zero-order chi connectivity index (χ0) is 19.6. The lowest BCUT2D eigenvalue weighted by molar-refractivity contribution is 0.0748. The molecule has 0 saturated carbocycles. The number of carbonyl (C=O) groups is 1. The van der Waals surface area contributed by atoms with Crippen molar-refractivity contribution in [2.24, 2.45) is 0 Å². The van der Waals surface area contributed by atoms with Gasteiger partial charge in [0.2, 0.25) is 0 Å². The fourth-order valence-electron chi connectivity index (χ4n) is 2.80. The molecule has 1 aromatic heterocycles. The number of aliphatic hydroxyl groups is 1. The quantitative estimate of drug-likeness (QED) is 0.752. The second-order valence-electron chi connectivity index (χ2n) is 7.65. The number of nitrogens with one attached hydrogen (secondary N) is 2. The molecular weight excluding hydrogens is 353 g/mol. The lowest BCUT2D eigenvalue weighted by Gasteiger charge is -2.22. The first kappa shape index (κ1) is 19.2. The van der Waals surface area contributed by atoms with E-state index in [-0.39, 0.29) is 17.8 Å². The maximum Gasteiger partial charge on any atom is 0.319 e. The molecule has 0 spiro atoms. The molecule has 1 fully saturated rings. The third-order valence-electron chi connectivity index (χ3n) is 4.37. The molecule has 1 aliphatic rings. The van der Waals surface area contributed by atoms with E-state index in [4.69, 9.17) is 4.74 Å². The van der Waals surface area contributed by atoms with Crippen LogP contribution in [0.25, 0.3) is 0 Å². The summed E-state index contributed by atoms with van der Waals surface area (Å²) >= 11 is 0. The lowest BCUT2D eigenvalue weighted by atomic mass is 9.93. The van der Waals surface area contributed by atoms with Crippen LogP contribution in [0.2, 0.25) is 0 Å². The first-order chi connectivity index (χ1) is 12.7. The van der Waals surface area contributed by atoms with Crippen molar-refractivity contribution in [3.63, 3.8) is 0 Å². The largest absolute Gasteiger partial charge is 0.388 e. The van der Waals surface area contributed by atoms with Gasteiger partial charge in [-0.1, -0.05) is 26.0 Å². The Morgan fingerprint density at radius 1 is 1.37 bits per heavy atom. The molecule has 0 bridgehead atoms. The van der Waals surface area contributed by atoms with Crippen LogP contribution < -0.4 is 10.6 Å². The summed E-state index contributed by atoms with van der Waals surface area (Å²) in [5.74, 6) is -0.386. The van der Waals surface area contributed by atoms with Gasteiger partial charge < -0.3 is 20.5 Å². The summed E-state index contributed by atoms with van der Waals surface area (Å²) in [6.07, 6.45) is 0.553. The van der Waals surface area contributed by atoms with Crippen molar-refractivity contribution >= 4 is 11.7 Å². The molecular formula is C18H24FN5O3. The van der Waals surface area contributed by atoms with E-state index in [0.29, 0.717) is 12.2 Å². The number of hydrogen-bond acceptors (Lipinski definition) is 5. The van der Waals surface area contributed by atoms with E-state index in [9.17, 15) is 14.3 Å². The number of hydrogen-bond donors (Lipinski definition) is 3. The second-order valence-corrected chi connectivity index (χ2v) is 7.65. The minimum absolute atomic E-state index is 0.118. The number of anilines is 1. The molecule has 146 valence electrons. The molecule has 3 rings (SSSR count). The van der Waals surface area contributed by atoms with Crippen molar-refractivity contribution in [3.05, 3.63) is 42.0 Å². The van der Waals surface area contributed by atoms with E-state index in [1.807, 2.05) is 27.0 Å². The Bertz CT molecular complexity index is 787. The molecule has 1 aliphatic heterocycles. The van der Waals surface area contributed by atoms with E-state index < -0.39 is 24.3 Å². The Hall–Kier alpha value is -2.52. The van der Waals surface area contributed by atoms with Gasteiger partial charge in [0, 0.05) is 17.3 Å². The third kappa shape index (κ3) is 4.81. The van der Waals surface area contributed by atoms with Crippen molar-refractivity contribution in [1.82, 2.24) is 20.3 Å². The van der Waals surface area contributed by atoms with E-state index in [0.717, 1.165) is 5.69 Å². The van der Waals surface area contributed by atoms with Crippen LogP contribution in [0.1, 0.15) is 26.5 Å². The summed E-state index contributed by atoms with van der Waals surface area (Å²) in [5, 5.41) is 23.8. The molecule has 3 atom stereocenters. The monoisotopic (exact) mass is 377 g/mol. The zero-order valence-corrected chi connectivity index (χ0v) is 15.5. The SMILES string of the molecule is CC(C)(C)c1cn(C[C@H]2OC[C@H](O)[C@H]2NC(=O)Nc2ccc(F)cc2)nn1. The molecule has 2 amide bonds. The minimum Gasteiger partial charge on any atom is -0.388 e. The molecule has 1 aromatic carbocycles. The summed E-state index contributed by atoms with van der Waals surface area (Å²) in [4.78, 5) is 12.2. The number of halogens is 1. The molecule has 0 radical (unpaired) electrons. The van der Waals surface area contributed by atoms with Crippen LogP contribution in [0, 0.1) is 5.82 Å². The smallest absolute Gasteiger partial charge is 0.319 e. The molecule has 3 N–H and O–H groups in total. The molecule has 2 aromatic rings. The van der Waals surface area contributed by atoms with E-state index in [1.165, 1.54) is 24.3 Å². The Morgan fingerprint density at radius 2 is 2.07 bits per heavy atom. The average Bonchev–Trinajstić information content (AvgIpc) is 3.19. The Morgan fingerprint density at radius 3 is 2.70 bits per heavy atom. The van der Waals surface area contributed by atoms with Crippen LogP contribution in [0.3, 0.4) is 0 Å². The first-order valence-corrected chi connectivity index (χ1v) is 8.76. The number of urea groups is 1. The highest BCUT2D eigenvalue weighted by Gasteiger charge is 2.38. The zero-order valence-electron chi connectivity index (χ0n) is 15.5. The molecule has 8 nitrogen and oxygen atoms in total. The van der Waals surface area contributed by atoms with Crippen LogP contribution in [0.4, 0.5) is 14.9 Å². The number of nitrogens with zero attached hydrogens (tertiary/aromatic N) is 3. The predicted molar refractivity (Wildman–Crippen MR) is 96.8 cm³/mol. The van der Waals surface area contributed by atoms with Crippen LogP contribution in [0.15, 0.2) is 30.5 Å². The summed E-state index contributed by atoms with van der Waals surface area (Å²) in [7, 11) is 0. The van der Waals surface area contributed by atoms with Gasteiger partial charge in [0.05, 0.1) is 24.9 Å². The third-order valence-corrected chi connectivity index (χ3v) is 4.37. The number of benzene rings is 1. The number of carbonyl (C=O) groups excluding carboxylic acids is 1. The predicted octanol–water partition coefficient (Wildman–Crippen LogP) is 1.66. The van der Waals surface area contributed by atoms with E-state index in [2.05, 4.69) is 20.9 Å². The maximum absolute atomic E-state index is 12.9. The summed E-state index contributed by atoms with van der Waals surface area (Å²) in [6.45, 7) is 6.60. The van der Waals surface area contributed by atoms with E-state index in [1.54, 1.807) is 4.68 Å². The fourth-order valence-corrected chi connectivity index (χ4v) is 2.80. The number of aliphatic hydroxyl groups excluding tert-OH is 1. The molecule has 2 heterocycles. The number of rotatable bonds is 4. The number of amides is 2. The summed E-state index contributed by atoms with van der Waals surface area (Å²) in [6, 6.07) is 4.31. The van der Waals surface area contributed by atoms with Gasteiger partial charge >= 0.3 is 6.03 Å². The normalized spacial score (nSPS) is 22.6. The Kier molecular flexibility index (Phi) is 5.43. The number of ether oxygens (including phenoxy) is 1. The van der Waals surface area contributed by atoms with Gasteiger partial charge in [-0.15, -0.1) is 5.10 Å². The number of aromatic nitrogens is 3. The van der Waals surface area contributed by atoms with Gasteiger partial charge in [0.1, 0.15) is 18.0 Å². The van der Waals surface area contributed by atoms with Crippen molar-refractivity contribution in [3.8, 4) is 0 Å². The van der Waals surface area contributed by atoms with E-state index >= 15 is 0 Å². The van der Waals surface area contributed by atoms with Gasteiger partial charge in [-0.05, 0) is 24.3 Å². The Labute approximate surface area is 156 Å². The van der Waals surface area contributed by atoms with Crippen LogP contribution in [0.5, 0.6) is 0 Å². The Balaban J connectivity index is 1.62. The van der Waals surface area contributed by atoms with Crippen LogP contribution in [-0.4, -0.2) is 51.0 Å². The second kappa shape index (κ2) is 7.61. The molecule has 9 heteroatoms. The molecule has 27 heavy (non-hydrogen) atoms.